The topological polar surface area (TPSA) is 112 Å². The fourth-order valence-corrected chi connectivity index (χ4v) is 5.28. The fourth-order valence-electron chi connectivity index (χ4n) is 2.59. The summed E-state index contributed by atoms with van der Waals surface area (Å²) >= 11 is 0. The normalized spacial score (nSPS) is 16.9. The molecular weight excluding hydrogens is 368 g/mol. The van der Waals surface area contributed by atoms with Gasteiger partial charge in [-0.3, -0.25) is 4.79 Å². The van der Waals surface area contributed by atoms with Crippen LogP contribution in [0.25, 0.3) is 0 Å². The molecule has 8 nitrogen and oxygen atoms in total. The second-order valence-corrected chi connectivity index (χ2v) is 9.89. The summed E-state index contributed by atoms with van der Waals surface area (Å²) in [6.07, 6.45) is 2.34. The van der Waals surface area contributed by atoms with Crippen LogP contribution in [0.4, 0.5) is 0 Å². The Kier molecular flexibility index (Phi) is 6.20. The molecule has 0 saturated carbocycles. The Labute approximate surface area is 148 Å². The lowest BCUT2D eigenvalue weighted by Gasteiger charge is -2.26. The molecular formula is C15H22N2O6S2. The van der Waals surface area contributed by atoms with Gasteiger partial charge in [-0.1, -0.05) is 6.42 Å². The van der Waals surface area contributed by atoms with Gasteiger partial charge in [0.15, 0.2) is 0 Å². The van der Waals surface area contributed by atoms with Gasteiger partial charge in [-0.2, -0.15) is 4.31 Å². The third kappa shape index (κ3) is 4.57. The molecule has 1 fully saturated rings. The van der Waals surface area contributed by atoms with Crippen molar-refractivity contribution in [1.29, 1.82) is 0 Å². The zero-order valence-electron chi connectivity index (χ0n) is 14.0. The van der Waals surface area contributed by atoms with Crippen molar-refractivity contribution in [1.82, 2.24) is 8.61 Å². The standard InChI is InChI=1S/C15H22N2O6S2/c1-16(12-9-15(18)19)24(20,21)13-5-7-14(8-6-13)25(22,23)17-10-3-2-4-11-17/h5-8H,2-4,9-12H2,1H3,(H,18,19). The van der Waals surface area contributed by atoms with Crippen LogP contribution < -0.4 is 0 Å². The predicted molar refractivity (Wildman–Crippen MR) is 91.1 cm³/mol. The molecule has 0 aromatic heterocycles. The molecule has 140 valence electrons. The Balaban J connectivity index is 2.19. The number of carboxylic acids is 1. The highest BCUT2D eigenvalue weighted by atomic mass is 32.2. The third-order valence-electron chi connectivity index (χ3n) is 4.13. The Bertz CT molecular complexity index is 812. The molecule has 0 radical (unpaired) electrons. The highest BCUT2D eigenvalue weighted by molar-refractivity contribution is 7.89. The monoisotopic (exact) mass is 390 g/mol. The number of benzene rings is 1. The van der Waals surface area contributed by atoms with Crippen LogP contribution in [0.3, 0.4) is 0 Å². The molecule has 1 aromatic rings. The lowest BCUT2D eigenvalue weighted by Crippen LogP contribution is -2.35. The molecule has 0 amide bonds. The van der Waals surface area contributed by atoms with E-state index in [0.29, 0.717) is 13.1 Å². The summed E-state index contributed by atoms with van der Waals surface area (Å²) in [6.45, 7) is 0.784. The third-order valence-corrected chi connectivity index (χ3v) is 7.91. The molecule has 1 aliphatic heterocycles. The SMILES string of the molecule is CN(CCC(=O)O)S(=O)(=O)c1ccc(S(=O)(=O)N2CCCCC2)cc1. The van der Waals surface area contributed by atoms with E-state index in [9.17, 15) is 21.6 Å². The zero-order chi connectivity index (χ0) is 18.7. The average molecular weight is 390 g/mol. The zero-order valence-corrected chi connectivity index (χ0v) is 15.6. The number of sulfonamides is 2. The van der Waals surface area contributed by atoms with Crippen LogP contribution in [0.1, 0.15) is 25.7 Å². The van der Waals surface area contributed by atoms with Crippen molar-refractivity contribution < 1.29 is 26.7 Å². The summed E-state index contributed by atoms with van der Waals surface area (Å²) in [6, 6.07) is 5.04. The van der Waals surface area contributed by atoms with Crippen molar-refractivity contribution in [3.8, 4) is 0 Å². The van der Waals surface area contributed by atoms with Crippen LogP contribution in [-0.4, -0.2) is 63.2 Å². The summed E-state index contributed by atoms with van der Waals surface area (Å²) in [5, 5.41) is 8.66. The van der Waals surface area contributed by atoms with Crippen LogP contribution in [-0.2, 0) is 24.8 Å². The van der Waals surface area contributed by atoms with E-state index in [1.54, 1.807) is 0 Å². The highest BCUT2D eigenvalue weighted by Crippen LogP contribution is 2.23. The number of rotatable bonds is 7. The van der Waals surface area contributed by atoms with E-state index in [1.165, 1.54) is 35.6 Å². The second-order valence-electron chi connectivity index (χ2n) is 5.91. The van der Waals surface area contributed by atoms with Crippen LogP contribution in [0, 0.1) is 0 Å². The number of carbonyl (C=O) groups is 1. The molecule has 1 aliphatic rings. The van der Waals surface area contributed by atoms with Gasteiger partial charge >= 0.3 is 5.97 Å². The predicted octanol–water partition coefficient (Wildman–Crippen LogP) is 0.956. The molecule has 0 unspecified atom stereocenters. The van der Waals surface area contributed by atoms with E-state index in [2.05, 4.69) is 0 Å². The minimum absolute atomic E-state index is 0.0570. The molecule has 10 heteroatoms. The molecule has 0 atom stereocenters. The van der Waals surface area contributed by atoms with E-state index >= 15 is 0 Å². The van der Waals surface area contributed by atoms with Crippen LogP contribution in [0.15, 0.2) is 34.1 Å². The molecule has 1 heterocycles. The minimum Gasteiger partial charge on any atom is -0.481 e. The molecule has 1 N–H and O–H groups in total. The first-order valence-electron chi connectivity index (χ1n) is 7.94. The highest BCUT2D eigenvalue weighted by Gasteiger charge is 2.27. The number of piperidine rings is 1. The van der Waals surface area contributed by atoms with Gasteiger partial charge in [-0.25, -0.2) is 21.1 Å². The molecule has 1 aromatic carbocycles. The van der Waals surface area contributed by atoms with E-state index in [0.717, 1.165) is 23.6 Å². The van der Waals surface area contributed by atoms with Gasteiger partial charge in [0.05, 0.1) is 16.2 Å². The fraction of sp³-hybridized carbons (Fsp3) is 0.533. The summed E-state index contributed by atoms with van der Waals surface area (Å²) in [7, 11) is -6.19. The summed E-state index contributed by atoms with van der Waals surface area (Å²) in [4.78, 5) is 10.6. The number of carboxylic acid groups (broad SMARTS) is 1. The van der Waals surface area contributed by atoms with Gasteiger partial charge < -0.3 is 5.11 Å². The maximum Gasteiger partial charge on any atom is 0.304 e. The Morgan fingerprint density at radius 1 is 1.04 bits per heavy atom. The van der Waals surface area contributed by atoms with Crippen LogP contribution in [0.2, 0.25) is 0 Å². The van der Waals surface area contributed by atoms with Gasteiger partial charge in [0.2, 0.25) is 20.0 Å². The Morgan fingerprint density at radius 3 is 2.08 bits per heavy atom. The number of nitrogens with zero attached hydrogens (tertiary/aromatic N) is 2. The first kappa shape index (κ1) is 19.8. The van der Waals surface area contributed by atoms with E-state index < -0.39 is 26.0 Å². The van der Waals surface area contributed by atoms with Crippen molar-refractivity contribution >= 4 is 26.0 Å². The quantitative estimate of drug-likeness (QED) is 0.742. The molecule has 0 spiro atoms. The molecule has 1 saturated heterocycles. The van der Waals surface area contributed by atoms with Crippen molar-refractivity contribution in [2.24, 2.45) is 0 Å². The summed E-state index contributed by atoms with van der Waals surface area (Å²) < 4.78 is 52.2. The summed E-state index contributed by atoms with van der Waals surface area (Å²) in [5.41, 5.74) is 0. The number of hydrogen-bond acceptors (Lipinski definition) is 5. The smallest absolute Gasteiger partial charge is 0.304 e. The van der Waals surface area contributed by atoms with Gasteiger partial charge in [0, 0.05) is 26.7 Å². The molecule has 0 aliphatic carbocycles. The van der Waals surface area contributed by atoms with Crippen LogP contribution >= 0.6 is 0 Å². The second kappa shape index (κ2) is 7.81. The Hall–Kier alpha value is -1.49. The lowest BCUT2D eigenvalue weighted by molar-refractivity contribution is -0.137. The largest absolute Gasteiger partial charge is 0.481 e. The maximum atomic E-state index is 12.6. The van der Waals surface area contributed by atoms with Gasteiger partial charge in [0.25, 0.3) is 0 Å². The molecule has 2 rings (SSSR count). The maximum absolute atomic E-state index is 12.6. The first-order chi connectivity index (χ1) is 11.7. The average Bonchev–Trinajstić information content (AvgIpc) is 2.60. The number of aliphatic carboxylic acids is 1. The van der Waals surface area contributed by atoms with Gasteiger partial charge in [-0.15, -0.1) is 0 Å². The minimum atomic E-state index is -3.86. The van der Waals surface area contributed by atoms with E-state index in [-0.39, 0.29) is 22.8 Å². The van der Waals surface area contributed by atoms with Crippen molar-refractivity contribution in [2.45, 2.75) is 35.5 Å². The van der Waals surface area contributed by atoms with Crippen molar-refractivity contribution in [3.63, 3.8) is 0 Å². The van der Waals surface area contributed by atoms with E-state index in [4.69, 9.17) is 5.11 Å². The van der Waals surface area contributed by atoms with E-state index in [1.807, 2.05) is 0 Å². The van der Waals surface area contributed by atoms with Crippen molar-refractivity contribution in [3.05, 3.63) is 24.3 Å². The van der Waals surface area contributed by atoms with Gasteiger partial charge in [-0.05, 0) is 37.1 Å². The van der Waals surface area contributed by atoms with Crippen LogP contribution in [0.5, 0.6) is 0 Å². The van der Waals surface area contributed by atoms with Gasteiger partial charge in [0.1, 0.15) is 0 Å². The van der Waals surface area contributed by atoms with Crippen molar-refractivity contribution in [2.75, 3.05) is 26.7 Å². The Morgan fingerprint density at radius 2 is 1.56 bits per heavy atom. The number of hydrogen-bond donors (Lipinski definition) is 1. The first-order valence-corrected chi connectivity index (χ1v) is 10.8. The summed E-state index contributed by atoms with van der Waals surface area (Å²) in [5.74, 6) is -1.09. The molecule has 25 heavy (non-hydrogen) atoms. The molecule has 0 bridgehead atoms. The lowest BCUT2D eigenvalue weighted by atomic mass is 10.2.